The largest absolute Gasteiger partial charge is 0.494 e. The molecule has 68 heavy (non-hydrogen) atoms. The molecular formula is C58H64N6O4. The van der Waals surface area contributed by atoms with Crippen LogP contribution in [0.4, 0.5) is 17.1 Å². The number of carbonyl (C=O) groups excluding carboxylic acids is 3. The molecule has 6 N–H and O–H groups in total. The van der Waals surface area contributed by atoms with Gasteiger partial charge in [-0.15, -0.1) is 6.42 Å². The van der Waals surface area contributed by atoms with Crippen LogP contribution in [0.3, 0.4) is 0 Å². The van der Waals surface area contributed by atoms with Gasteiger partial charge in [-0.2, -0.15) is 0 Å². The fourth-order valence-corrected chi connectivity index (χ4v) is 8.64. The number of amides is 3. The highest BCUT2D eigenvalue weighted by atomic mass is 16.5. The molecule has 3 aliphatic heterocycles. The maximum atomic E-state index is 12.3. The maximum absolute atomic E-state index is 12.3. The van der Waals surface area contributed by atoms with E-state index in [2.05, 4.69) is 81.1 Å². The van der Waals surface area contributed by atoms with Crippen LogP contribution in [0.2, 0.25) is 0 Å². The monoisotopic (exact) mass is 908 g/mol. The lowest BCUT2D eigenvalue weighted by Gasteiger charge is -2.11. The van der Waals surface area contributed by atoms with Crippen molar-refractivity contribution in [2.24, 2.45) is 0 Å². The van der Waals surface area contributed by atoms with E-state index in [0.29, 0.717) is 41.1 Å². The average molecular weight is 909 g/mol. The summed E-state index contributed by atoms with van der Waals surface area (Å²) >= 11 is 0. The van der Waals surface area contributed by atoms with Crippen molar-refractivity contribution in [2.45, 2.75) is 63.7 Å². The van der Waals surface area contributed by atoms with E-state index in [0.717, 1.165) is 80.5 Å². The first-order valence-electron chi connectivity index (χ1n) is 24.0. The third-order valence-corrected chi connectivity index (χ3v) is 12.6. The molecular weight excluding hydrogens is 845 g/mol. The van der Waals surface area contributed by atoms with Crippen LogP contribution in [0.1, 0.15) is 116 Å². The van der Waals surface area contributed by atoms with Gasteiger partial charge in [0.1, 0.15) is 5.75 Å². The van der Waals surface area contributed by atoms with Crippen molar-refractivity contribution in [1.82, 2.24) is 16.0 Å². The molecule has 3 unspecified atom stereocenters. The van der Waals surface area contributed by atoms with Gasteiger partial charge in [0.05, 0.1) is 6.61 Å². The molecule has 10 nitrogen and oxygen atoms in total. The maximum Gasteiger partial charge on any atom is 0.255 e. The molecule has 0 saturated carbocycles. The lowest BCUT2D eigenvalue weighted by molar-refractivity contribution is 0.101. The van der Waals surface area contributed by atoms with Crippen LogP contribution < -0.4 is 36.6 Å². The minimum Gasteiger partial charge on any atom is -0.494 e. The van der Waals surface area contributed by atoms with E-state index in [-0.39, 0.29) is 17.7 Å². The first kappa shape index (κ1) is 48.9. The number of nitrogens with one attached hydrogen (secondary N) is 6. The third kappa shape index (κ3) is 14.2. The number of carbonyl (C=O) groups is 3. The molecule has 6 aromatic rings. The predicted molar refractivity (Wildman–Crippen MR) is 276 cm³/mol. The number of hydrogen-bond acceptors (Lipinski definition) is 7. The third-order valence-electron chi connectivity index (χ3n) is 12.6. The molecule has 3 aliphatic rings. The van der Waals surface area contributed by atoms with E-state index in [1.165, 1.54) is 41.5 Å². The van der Waals surface area contributed by atoms with E-state index < -0.39 is 0 Å². The SMILES string of the molecule is C#Cc1ccc(C(=O)Nc2ccc(C3CCNC3)cc2)cc1.CCCc1ccc(C(=O)Nc2ccc(C3CCNC3)cc2)cc1.CCOc1ccc(C(=O)Nc2ccc(C3CCNC3)cc2)cc1. The lowest BCUT2D eigenvalue weighted by Crippen LogP contribution is -2.12. The van der Waals surface area contributed by atoms with Crippen LogP contribution in [-0.4, -0.2) is 63.6 Å². The summed E-state index contributed by atoms with van der Waals surface area (Å²) in [6, 6.07) is 46.6. The zero-order chi connectivity index (χ0) is 47.5. The van der Waals surface area contributed by atoms with Gasteiger partial charge in [-0.25, -0.2) is 0 Å². The molecule has 3 heterocycles. The Labute approximate surface area is 402 Å². The number of hydrogen-bond donors (Lipinski definition) is 6. The first-order valence-corrected chi connectivity index (χ1v) is 24.0. The van der Waals surface area contributed by atoms with Crippen molar-refractivity contribution in [3.63, 3.8) is 0 Å². The Morgan fingerprint density at radius 1 is 0.515 bits per heavy atom. The van der Waals surface area contributed by atoms with E-state index in [4.69, 9.17) is 11.2 Å². The Bertz CT molecular complexity index is 2430. The zero-order valence-electron chi connectivity index (χ0n) is 39.3. The molecule has 3 amide bonds. The summed E-state index contributed by atoms with van der Waals surface area (Å²) in [5, 5.41) is 18.9. The van der Waals surface area contributed by atoms with E-state index >= 15 is 0 Å². The number of aryl methyl sites for hydroxylation is 1. The average Bonchev–Trinajstić information content (AvgIpc) is 4.23. The highest BCUT2D eigenvalue weighted by molar-refractivity contribution is 6.05. The lowest BCUT2D eigenvalue weighted by atomic mass is 9.98. The summed E-state index contributed by atoms with van der Waals surface area (Å²) in [7, 11) is 0. The smallest absolute Gasteiger partial charge is 0.255 e. The molecule has 6 aromatic carbocycles. The van der Waals surface area contributed by atoms with E-state index in [1.54, 1.807) is 36.4 Å². The molecule has 0 spiro atoms. The summed E-state index contributed by atoms with van der Waals surface area (Å²) < 4.78 is 5.38. The molecule has 10 heteroatoms. The molecule has 3 fully saturated rings. The highest BCUT2D eigenvalue weighted by Crippen LogP contribution is 2.26. The summed E-state index contributed by atoms with van der Waals surface area (Å²) in [5.41, 5.74) is 10.4. The Balaban J connectivity index is 0.000000151. The molecule has 0 bridgehead atoms. The van der Waals surface area contributed by atoms with Gasteiger partial charge in [0.15, 0.2) is 0 Å². The van der Waals surface area contributed by atoms with Gasteiger partial charge in [-0.3, -0.25) is 14.4 Å². The second kappa shape index (κ2) is 25.2. The number of rotatable bonds is 13. The predicted octanol–water partition coefficient (Wildman–Crippen LogP) is 10.4. The van der Waals surface area contributed by atoms with Gasteiger partial charge < -0.3 is 36.6 Å². The minimum atomic E-state index is -0.126. The quantitative estimate of drug-likeness (QED) is 0.0636. The second-order valence-electron chi connectivity index (χ2n) is 17.4. The molecule has 3 saturated heterocycles. The van der Waals surface area contributed by atoms with Crippen molar-refractivity contribution >= 4 is 34.8 Å². The van der Waals surface area contributed by atoms with Crippen molar-refractivity contribution in [1.29, 1.82) is 0 Å². The van der Waals surface area contributed by atoms with Gasteiger partial charge >= 0.3 is 0 Å². The molecule has 0 radical (unpaired) electrons. The molecule has 3 atom stereocenters. The molecule has 0 aliphatic carbocycles. The Morgan fingerprint density at radius 2 is 0.868 bits per heavy atom. The van der Waals surface area contributed by atoms with Crippen LogP contribution in [0, 0.1) is 12.3 Å². The number of benzene rings is 6. The van der Waals surface area contributed by atoms with Gasteiger partial charge in [0, 0.05) is 59.0 Å². The number of terminal acetylenes is 1. The molecule has 0 aromatic heterocycles. The normalized spacial score (nSPS) is 17.0. The van der Waals surface area contributed by atoms with Crippen molar-refractivity contribution in [2.75, 3.05) is 61.8 Å². The fraction of sp³-hybridized carbons (Fsp3) is 0.293. The van der Waals surface area contributed by atoms with Gasteiger partial charge in [0.2, 0.25) is 0 Å². The number of anilines is 3. The summed E-state index contributed by atoms with van der Waals surface area (Å²) in [4.78, 5) is 36.7. The summed E-state index contributed by atoms with van der Waals surface area (Å²) in [6.07, 6.45) is 11.0. The minimum absolute atomic E-state index is 0.0525. The Morgan fingerprint density at radius 3 is 1.18 bits per heavy atom. The Hall–Kier alpha value is -7.03. The molecule has 9 rings (SSSR count). The van der Waals surface area contributed by atoms with E-state index in [1.807, 2.05) is 79.7 Å². The van der Waals surface area contributed by atoms with Crippen molar-refractivity contribution in [3.05, 3.63) is 190 Å². The van der Waals surface area contributed by atoms with Crippen LogP contribution >= 0.6 is 0 Å². The van der Waals surface area contributed by atoms with Gasteiger partial charge in [-0.1, -0.05) is 67.8 Å². The second-order valence-corrected chi connectivity index (χ2v) is 17.4. The summed E-state index contributed by atoms with van der Waals surface area (Å²) in [5.74, 6) is 4.80. The van der Waals surface area contributed by atoms with Gasteiger partial charge in [-0.05, 0) is 189 Å². The van der Waals surface area contributed by atoms with Crippen LogP contribution in [0.25, 0.3) is 0 Å². The van der Waals surface area contributed by atoms with Crippen LogP contribution in [0.15, 0.2) is 146 Å². The zero-order valence-corrected chi connectivity index (χ0v) is 39.3. The number of ether oxygens (including phenoxy) is 1. The molecule has 350 valence electrons. The highest BCUT2D eigenvalue weighted by Gasteiger charge is 2.19. The van der Waals surface area contributed by atoms with Crippen molar-refractivity contribution < 1.29 is 19.1 Å². The topological polar surface area (TPSA) is 133 Å². The fourth-order valence-electron chi connectivity index (χ4n) is 8.64. The van der Waals surface area contributed by atoms with Crippen LogP contribution in [-0.2, 0) is 6.42 Å². The first-order chi connectivity index (χ1) is 33.3. The van der Waals surface area contributed by atoms with Crippen molar-refractivity contribution in [3.8, 4) is 18.1 Å². The van der Waals surface area contributed by atoms with E-state index in [9.17, 15) is 14.4 Å². The van der Waals surface area contributed by atoms with Gasteiger partial charge in [0.25, 0.3) is 17.7 Å². The Kier molecular flexibility index (Phi) is 18.1. The standard InChI is InChI=1S/C20H24N2O.C19H22N2O2.C19H18N2O/c1-2-3-15-4-6-17(7-5-15)20(23)22-19-10-8-16(9-11-19)18-12-13-21-14-18;1-2-23-18-9-5-15(6-10-18)19(22)21-17-7-3-14(4-8-17)16-11-12-20-13-16;1-2-14-3-5-16(6-4-14)19(22)21-18-9-7-15(8-10-18)17-11-12-20-13-17/h4-11,18,21H,2-3,12-14H2,1H3,(H,22,23);3-10,16,20H,2,11-13H2,1H3,(H,21,22);1,3-10,17,20H,11-13H2,(H,21,22). The summed E-state index contributed by atoms with van der Waals surface area (Å²) in [6.45, 7) is 11.1. The van der Waals surface area contributed by atoms with Crippen LogP contribution in [0.5, 0.6) is 5.75 Å².